The van der Waals surface area contributed by atoms with Gasteiger partial charge in [-0.05, 0) is 44.4 Å². The van der Waals surface area contributed by atoms with Gasteiger partial charge in [0.25, 0.3) is 0 Å². The molecule has 0 aromatic carbocycles. The van der Waals surface area contributed by atoms with Crippen molar-refractivity contribution in [2.45, 2.75) is 31.7 Å². The molecular formula is C14H21N3O2. The molecule has 1 aromatic rings. The van der Waals surface area contributed by atoms with E-state index >= 15 is 0 Å². The highest BCUT2D eigenvalue weighted by Crippen LogP contribution is 2.20. The second-order valence-corrected chi connectivity index (χ2v) is 4.92. The number of aromatic nitrogens is 1. The molecule has 0 unspecified atom stereocenters. The van der Waals surface area contributed by atoms with Crippen molar-refractivity contribution in [3.8, 4) is 0 Å². The maximum absolute atomic E-state index is 12.0. The summed E-state index contributed by atoms with van der Waals surface area (Å²) in [6, 6.07) is 4.07. The molecule has 0 saturated carbocycles. The molecule has 2 rings (SSSR count). The summed E-state index contributed by atoms with van der Waals surface area (Å²) in [7, 11) is 0. The molecule has 1 saturated heterocycles. The molecule has 1 fully saturated rings. The van der Waals surface area contributed by atoms with E-state index in [1.165, 1.54) is 0 Å². The predicted molar refractivity (Wildman–Crippen MR) is 73.8 cm³/mol. The standard InChI is InChI=1S/C14H21N3O2/c18-9-3-6-13-5-2-8-17(13)11-14(19)16-12-4-1-7-15-10-12/h1,4,7,10,13,18H,2-3,5-6,8-9,11H2,(H,16,19)/t13-/m1/s1. The lowest BCUT2D eigenvalue weighted by molar-refractivity contribution is -0.117. The molecule has 19 heavy (non-hydrogen) atoms. The molecule has 2 N–H and O–H groups in total. The van der Waals surface area contributed by atoms with Gasteiger partial charge in [0.1, 0.15) is 0 Å². The zero-order chi connectivity index (χ0) is 13.5. The molecule has 0 spiro atoms. The fourth-order valence-corrected chi connectivity index (χ4v) is 2.58. The fourth-order valence-electron chi connectivity index (χ4n) is 2.58. The summed E-state index contributed by atoms with van der Waals surface area (Å²) in [6.45, 7) is 1.62. The van der Waals surface area contributed by atoms with Gasteiger partial charge in [-0.1, -0.05) is 0 Å². The zero-order valence-corrected chi connectivity index (χ0v) is 11.1. The predicted octanol–water partition coefficient (Wildman–Crippen LogP) is 1.26. The quantitative estimate of drug-likeness (QED) is 0.811. The molecule has 0 aliphatic carbocycles. The van der Waals surface area contributed by atoms with Crippen molar-refractivity contribution in [3.05, 3.63) is 24.5 Å². The van der Waals surface area contributed by atoms with E-state index in [9.17, 15) is 4.79 Å². The van der Waals surface area contributed by atoms with Gasteiger partial charge >= 0.3 is 0 Å². The number of hydrogen-bond acceptors (Lipinski definition) is 4. The van der Waals surface area contributed by atoms with Crippen LogP contribution in [-0.2, 0) is 4.79 Å². The highest BCUT2D eigenvalue weighted by molar-refractivity contribution is 5.92. The summed E-state index contributed by atoms with van der Waals surface area (Å²) in [5.41, 5.74) is 0.735. The Labute approximate surface area is 113 Å². The lowest BCUT2D eigenvalue weighted by Crippen LogP contribution is -2.36. The number of aliphatic hydroxyl groups excluding tert-OH is 1. The minimum atomic E-state index is 0.00361. The van der Waals surface area contributed by atoms with Gasteiger partial charge in [-0.15, -0.1) is 0 Å². The minimum Gasteiger partial charge on any atom is -0.396 e. The van der Waals surface area contributed by atoms with Gasteiger partial charge in [-0.2, -0.15) is 0 Å². The number of nitrogens with zero attached hydrogens (tertiary/aromatic N) is 2. The Morgan fingerprint density at radius 1 is 1.58 bits per heavy atom. The van der Waals surface area contributed by atoms with Crippen LogP contribution in [0.2, 0.25) is 0 Å². The molecule has 0 radical (unpaired) electrons. The van der Waals surface area contributed by atoms with Gasteiger partial charge in [0.2, 0.25) is 5.91 Å². The van der Waals surface area contributed by atoms with Crippen LogP contribution in [0.25, 0.3) is 0 Å². The van der Waals surface area contributed by atoms with Crippen LogP contribution in [0.3, 0.4) is 0 Å². The molecular weight excluding hydrogens is 242 g/mol. The van der Waals surface area contributed by atoms with Gasteiger partial charge in [0, 0.05) is 18.8 Å². The normalized spacial score (nSPS) is 19.5. The molecule has 104 valence electrons. The van der Waals surface area contributed by atoms with Crippen molar-refractivity contribution >= 4 is 11.6 Å². The van der Waals surface area contributed by atoms with E-state index in [0.717, 1.165) is 37.9 Å². The van der Waals surface area contributed by atoms with Crippen molar-refractivity contribution < 1.29 is 9.90 Å². The van der Waals surface area contributed by atoms with Crippen LogP contribution in [0.1, 0.15) is 25.7 Å². The maximum Gasteiger partial charge on any atom is 0.238 e. The van der Waals surface area contributed by atoms with Crippen molar-refractivity contribution in [3.63, 3.8) is 0 Å². The molecule has 5 heteroatoms. The summed E-state index contributed by atoms with van der Waals surface area (Å²) >= 11 is 0. The number of hydrogen-bond donors (Lipinski definition) is 2. The van der Waals surface area contributed by atoms with Crippen LogP contribution in [0.15, 0.2) is 24.5 Å². The number of aliphatic hydroxyl groups is 1. The summed E-state index contributed by atoms with van der Waals surface area (Å²) < 4.78 is 0. The van der Waals surface area contributed by atoms with Crippen LogP contribution in [-0.4, -0.2) is 46.6 Å². The third-order valence-corrected chi connectivity index (χ3v) is 3.49. The number of rotatable bonds is 6. The van der Waals surface area contributed by atoms with Crippen LogP contribution < -0.4 is 5.32 Å². The molecule has 1 aliphatic heterocycles. The summed E-state index contributed by atoms with van der Waals surface area (Å²) in [5, 5.41) is 11.7. The third kappa shape index (κ3) is 4.29. The Balaban J connectivity index is 1.81. The Kier molecular flexibility index (Phi) is 5.30. The highest BCUT2D eigenvalue weighted by atomic mass is 16.3. The van der Waals surface area contributed by atoms with Gasteiger partial charge in [0.15, 0.2) is 0 Å². The number of carbonyl (C=O) groups excluding carboxylic acids is 1. The van der Waals surface area contributed by atoms with Crippen LogP contribution >= 0.6 is 0 Å². The summed E-state index contributed by atoms with van der Waals surface area (Å²) in [4.78, 5) is 18.1. The maximum atomic E-state index is 12.0. The third-order valence-electron chi connectivity index (χ3n) is 3.49. The lowest BCUT2D eigenvalue weighted by Gasteiger charge is -2.23. The van der Waals surface area contributed by atoms with E-state index in [-0.39, 0.29) is 12.5 Å². The SMILES string of the molecule is O=C(CN1CCC[C@@H]1CCCO)Nc1cccnc1. The number of likely N-dealkylation sites (tertiary alicyclic amines) is 1. The van der Waals surface area contributed by atoms with E-state index in [1.54, 1.807) is 18.5 Å². The molecule has 5 nitrogen and oxygen atoms in total. The molecule has 1 aliphatic rings. The van der Waals surface area contributed by atoms with Gasteiger partial charge in [-0.3, -0.25) is 14.7 Å². The number of nitrogens with one attached hydrogen (secondary N) is 1. The van der Waals surface area contributed by atoms with E-state index < -0.39 is 0 Å². The van der Waals surface area contributed by atoms with Crippen LogP contribution in [0.5, 0.6) is 0 Å². The Hall–Kier alpha value is -1.46. The Morgan fingerprint density at radius 2 is 2.47 bits per heavy atom. The van der Waals surface area contributed by atoms with Gasteiger partial charge in [0.05, 0.1) is 18.4 Å². The molecule has 0 bridgehead atoms. The molecule has 1 aromatic heterocycles. The van der Waals surface area contributed by atoms with Crippen molar-refractivity contribution in [2.75, 3.05) is 25.0 Å². The lowest BCUT2D eigenvalue weighted by atomic mass is 10.1. The van der Waals surface area contributed by atoms with E-state index in [2.05, 4.69) is 15.2 Å². The zero-order valence-electron chi connectivity index (χ0n) is 11.1. The minimum absolute atomic E-state index is 0.00361. The molecule has 2 heterocycles. The van der Waals surface area contributed by atoms with E-state index in [0.29, 0.717) is 12.6 Å². The first kappa shape index (κ1) is 14.0. The summed E-state index contributed by atoms with van der Waals surface area (Å²) in [5.74, 6) is 0.00361. The average Bonchev–Trinajstić information content (AvgIpc) is 2.84. The number of anilines is 1. The van der Waals surface area contributed by atoms with Crippen molar-refractivity contribution in [1.82, 2.24) is 9.88 Å². The fraction of sp³-hybridized carbons (Fsp3) is 0.571. The van der Waals surface area contributed by atoms with Crippen molar-refractivity contribution in [2.24, 2.45) is 0 Å². The van der Waals surface area contributed by atoms with E-state index in [1.807, 2.05) is 6.07 Å². The second kappa shape index (κ2) is 7.21. The molecule has 1 atom stereocenters. The van der Waals surface area contributed by atoms with Gasteiger partial charge in [-0.25, -0.2) is 0 Å². The first-order valence-electron chi connectivity index (χ1n) is 6.84. The Bertz CT molecular complexity index is 397. The highest BCUT2D eigenvalue weighted by Gasteiger charge is 2.25. The van der Waals surface area contributed by atoms with Crippen molar-refractivity contribution in [1.29, 1.82) is 0 Å². The second-order valence-electron chi connectivity index (χ2n) is 4.92. The monoisotopic (exact) mass is 263 g/mol. The van der Waals surface area contributed by atoms with Gasteiger partial charge < -0.3 is 10.4 Å². The number of carbonyl (C=O) groups is 1. The topological polar surface area (TPSA) is 65.5 Å². The van der Waals surface area contributed by atoms with Crippen LogP contribution in [0, 0.1) is 0 Å². The smallest absolute Gasteiger partial charge is 0.238 e. The van der Waals surface area contributed by atoms with Crippen LogP contribution in [0.4, 0.5) is 5.69 Å². The Morgan fingerprint density at radius 3 is 3.21 bits per heavy atom. The molecule has 1 amide bonds. The number of pyridine rings is 1. The first-order chi connectivity index (χ1) is 9.29. The van der Waals surface area contributed by atoms with E-state index in [4.69, 9.17) is 5.11 Å². The first-order valence-corrected chi connectivity index (χ1v) is 6.84. The number of amides is 1. The largest absolute Gasteiger partial charge is 0.396 e. The summed E-state index contributed by atoms with van der Waals surface area (Å²) in [6.07, 6.45) is 7.37. The average molecular weight is 263 g/mol.